The van der Waals surface area contributed by atoms with Crippen LogP contribution in [-0.2, 0) is 30.2 Å². The molecule has 4 atom stereocenters. The SMILES string of the molecule is CCCC(C)OC(=O)Oc1ccc(C[C@H](NCC(C)OC(=O)OC)C(=O)O)cc1OC(=O)OC(C)CCC. The highest BCUT2D eigenvalue weighted by atomic mass is 16.8. The summed E-state index contributed by atoms with van der Waals surface area (Å²) in [6, 6.07) is 3.22. The molecule has 0 heterocycles. The van der Waals surface area contributed by atoms with E-state index in [1.807, 2.05) is 13.8 Å². The van der Waals surface area contributed by atoms with Crippen molar-refractivity contribution in [1.82, 2.24) is 5.32 Å². The quantitative estimate of drug-likeness (QED) is 0.177. The highest BCUT2D eigenvalue weighted by Gasteiger charge is 2.23. The maximum absolute atomic E-state index is 12.4. The fourth-order valence-corrected chi connectivity index (χ4v) is 3.38. The standard InChI is InChI=1S/C26H39NO11/c1-7-9-16(3)34-25(31)37-21-12-11-19(14-22(21)38-26(32)35-17(4)10-8-2)13-20(23(28)29)27-15-18(5)36-24(30)33-6/h11-12,14,16-18,20,27H,7-10,13,15H2,1-6H3,(H,28,29)/t16?,17?,18?,20-/m0/s1. The third kappa shape index (κ3) is 12.6. The van der Waals surface area contributed by atoms with E-state index in [1.165, 1.54) is 25.3 Å². The van der Waals surface area contributed by atoms with E-state index in [4.69, 9.17) is 23.7 Å². The Balaban J connectivity index is 3.06. The molecule has 3 unspecified atom stereocenters. The largest absolute Gasteiger partial charge is 0.514 e. The highest BCUT2D eigenvalue weighted by Crippen LogP contribution is 2.30. The number of nitrogens with one attached hydrogen (secondary N) is 1. The van der Waals surface area contributed by atoms with Gasteiger partial charge in [0.2, 0.25) is 0 Å². The van der Waals surface area contributed by atoms with E-state index in [9.17, 15) is 24.3 Å². The molecule has 12 nitrogen and oxygen atoms in total. The summed E-state index contributed by atoms with van der Waals surface area (Å²) >= 11 is 0. The van der Waals surface area contributed by atoms with Crippen LogP contribution in [0.4, 0.5) is 14.4 Å². The van der Waals surface area contributed by atoms with Crippen LogP contribution in [0.25, 0.3) is 0 Å². The predicted molar refractivity (Wildman–Crippen MR) is 135 cm³/mol. The normalized spacial score (nSPS) is 13.8. The van der Waals surface area contributed by atoms with Crippen molar-refractivity contribution in [3.63, 3.8) is 0 Å². The van der Waals surface area contributed by atoms with Crippen molar-refractivity contribution in [3.05, 3.63) is 23.8 Å². The van der Waals surface area contributed by atoms with Crippen LogP contribution in [0.3, 0.4) is 0 Å². The number of hydrogen-bond donors (Lipinski definition) is 2. The predicted octanol–water partition coefficient (Wildman–Crippen LogP) is 4.85. The molecule has 0 aliphatic carbocycles. The summed E-state index contributed by atoms with van der Waals surface area (Å²) in [5, 5.41) is 12.5. The smallest absolute Gasteiger partial charge is 0.480 e. The first kappa shape index (κ1) is 32.5. The van der Waals surface area contributed by atoms with Crippen LogP contribution in [0.5, 0.6) is 11.5 Å². The van der Waals surface area contributed by atoms with Gasteiger partial charge in [-0.1, -0.05) is 32.8 Å². The highest BCUT2D eigenvalue weighted by molar-refractivity contribution is 5.74. The number of rotatable bonds is 15. The van der Waals surface area contributed by atoms with Gasteiger partial charge in [0, 0.05) is 6.54 Å². The zero-order valence-electron chi connectivity index (χ0n) is 22.8. The number of methoxy groups -OCH3 is 1. The number of benzene rings is 1. The lowest BCUT2D eigenvalue weighted by atomic mass is 10.0. The van der Waals surface area contributed by atoms with Crippen LogP contribution >= 0.6 is 0 Å². The first-order chi connectivity index (χ1) is 18.0. The van der Waals surface area contributed by atoms with E-state index >= 15 is 0 Å². The lowest BCUT2D eigenvalue weighted by Gasteiger charge is -2.19. The molecule has 0 fully saturated rings. The van der Waals surface area contributed by atoms with Gasteiger partial charge in [-0.2, -0.15) is 0 Å². The van der Waals surface area contributed by atoms with E-state index in [0.29, 0.717) is 18.4 Å². The summed E-state index contributed by atoms with van der Waals surface area (Å²) in [6.07, 6.45) is -1.42. The van der Waals surface area contributed by atoms with Crippen LogP contribution in [0.15, 0.2) is 18.2 Å². The van der Waals surface area contributed by atoms with Gasteiger partial charge in [0.15, 0.2) is 11.5 Å². The maximum Gasteiger partial charge on any atom is 0.514 e. The average Bonchev–Trinajstić information content (AvgIpc) is 2.82. The number of aliphatic carboxylic acids is 1. The molecule has 214 valence electrons. The van der Waals surface area contributed by atoms with Gasteiger partial charge in [-0.25, -0.2) is 14.4 Å². The molecular formula is C26H39NO11. The Morgan fingerprint density at radius 3 is 1.84 bits per heavy atom. The molecule has 12 heteroatoms. The van der Waals surface area contributed by atoms with Crippen molar-refractivity contribution in [2.45, 2.75) is 91.1 Å². The summed E-state index contributed by atoms with van der Waals surface area (Å²) in [4.78, 5) is 47.7. The number of carbonyl (C=O) groups is 4. The fraction of sp³-hybridized carbons (Fsp3) is 0.615. The number of carbonyl (C=O) groups excluding carboxylic acids is 3. The lowest BCUT2D eigenvalue weighted by Crippen LogP contribution is -2.42. The molecule has 0 saturated carbocycles. The van der Waals surface area contributed by atoms with E-state index in [1.54, 1.807) is 20.8 Å². The Hall–Kier alpha value is -3.54. The molecular weight excluding hydrogens is 502 g/mol. The zero-order valence-corrected chi connectivity index (χ0v) is 22.8. The van der Waals surface area contributed by atoms with Gasteiger partial charge in [-0.3, -0.25) is 4.79 Å². The van der Waals surface area contributed by atoms with E-state index in [-0.39, 0.29) is 30.6 Å². The molecule has 0 aliphatic heterocycles. The van der Waals surface area contributed by atoms with Crippen LogP contribution in [0, 0.1) is 0 Å². The molecule has 0 saturated heterocycles. The average molecular weight is 542 g/mol. The summed E-state index contributed by atoms with van der Waals surface area (Å²) in [5.74, 6) is -1.38. The third-order valence-electron chi connectivity index (χ3n) is 5.23. The topological polar surface area (TPSA) is 156 Å². The minimum Gasteiger partial charge on any atom is -0.480 e. The molecule has 0 spiro atoms. The maximum atomic E-state index is 12.4. The second-order valence-corrected chi connectivity index (χ2v) is 8.81. The van der Waals surface area contributed by atoms with Gasteiger partial charge >= 0.3 is 24.4 Å². The molecule has 1 aromatic carbocycles. The van der Waals surface area contributed by atoms with Gasteiger partial charge < -0.3 is 38.8 Å². The summed E-state index contributed by atoms with van der Waals surface area (Å²) < 4.78 is 30.4. The van der Waals surface area contributed by atoms with Crippen LogP contribution in [0.2, 0.25) is 0 Å². The third-order valence-corrected chi connectivity index (χ3v) is 5.23. The van der Waals surface area contributed by atoms with Crippen molar-refractivity contribution in [3.8, 4) is 11.5 Å². The Morgan fingerprint density at radius 1 is 0.816 bits per heavy atom. The Kier molecular flexibility index (Phi) is 14.6. The molecule has 2 N–H and O–H groups in total. The van der Waals surface area contributed by atoms with Gasteiger partial charge in [-0.15, -0.1) is 0 Å². The first-order valence-electron chi connectivity index (χ1n) is 12.6. The van der Waals surface area contributed by atoms with Crippen molar-refractivity contribution in [1.29, 1.82) is 0 Å². The molecule has 1 rings (SSSR count). The molecule has 0 bridgehead atoms. The van der Waals surface area contributed by atoms with Crippen LogP contribution < -0.4 is 14.8 Å². The summed E-state index contributed by atoms with van der Waals surface area (Å²) in [7, 11) is 1.17. The van der Waals surface area contributed by atoms with E-state index in [0.717, 1.165) is 12.8 Å². The number of carboxylic acid groups (broad SMARTS) is 1. The zero-order chi connectivity index (χ0) is 28.7. The van der Waals surface area contributed by atoms with Crippen LogP contribution in [0.1, 0.15) is 65.9 Å². The van der Waals surface area contributed by atoms with Gasteiger partial charge in [0.1, 0.15) is 24.4 Å². The molecule has 0 aromatic heterocycles. The fourth-order valence-electron chi connectivity index (χ4n) is 3.38. The summed E-state index contributed by atoms with van der Waals surface area (Å²) in [6.45, 7) is 8.97. The molecule has 1 aromatic rings. The number of carboxylic acids is 1. The Morgan fingerprint density at radius 2 is 1.34 bits per heavy atom. The van der Waals surface area contributed by atoms with Gasteiger partial charge in [-0.05, 0) is 57.7 Å². The van der Waals surface area contributed by atoms with E-state index < -0.39 is 42.7 Å². The minimum atomic E-state index is -1.15. The Bertz CT molecular complexity index is 920. The minimum absolute atomic E-state index is 0.0316. The monoisotopic (exact) mass is 541 g/mol. The van der Waals surface area contributed by atoms with Gasteiger partial charge in [0.05, 0.1) is 7.11 Å². The lowest BCUT2D eigenvalue weighted by molar-refractivity contribution is -0.139. The van der Waals surface area contributed by atoms with Crippen molar-refractivity contribution < 1.29 is 52.7 Å². The second kappa shape index (κ2) is 17.1. The van der Waals surface area contributed by atoms with Gasteiger partial charge in [0.25, 0.3) is 0 Å². The van der Waals surface area contributed by atoms with Crippen molar-refractivity contribution >= 4 is 24.4 Å². The second-order valence-electron chi connectivity index (χ2n) is 8.81. The van der Waals surface area contributed by atoms with Crippen LogP contribution in [-0.4, -0.2) is 67.6 Å². The van der Waals surface area contributed by atoms with E-state index in [2.05, 4.69) is 10.1 Å². The van der Waals surface area contributed by atoms with Crippen molar-refractivity contribution in [2.24, 2.45) is 0 Å². The molecule has 0 radical (unpaired) electrons. The molecule has 0 amide bonds. The summed E-state index contributed by atoms with van der Waals surface area (Å²) in [5.41, 5.74) is 0.455. The van der Waals surface area contributed by atoms with Crippen molar-refractivity contribution in [2.75, 3.05) is 13.7 Å². The number of ether oxygens (including phenoxy) is 6. The molecule has 38 heavy (non-hydrogen) atoms. The molecule has 0 aliphatic rings. The first-order valence-corrected chi connectivity index (χ1v) is 12.6. The Labute approximate surface area is 222 Å². The number of hydrogen-bond acceptors (Lipinski definition) is 11.